The first-order valence-electron chi connectivity index (χ1n) is 3.34. The van der Waals surface area contributed by atoms with E-state index < -0.39 is 11.9 Å². The van der Waals surface area contributed by atoms with Crippen LogP contribution in [0.15, 0.2) is 11.8 Å². The van der Waals surface area contributed by atoms with Crippen molar-refractivity contribution in [2.24, 2.45) is 5.73 Å². The Kier molecular flexibility index (Phi) is 4.52. The normalized spacial score (nSPS) is 10.7. The van der Waals surface area contributed by atoms with Crippen LogP contribution in [-0.2, 0) is 19.1 Å². The SMILES string of the molecule is CCOC(=O)C(N)=CC(=O)OC. The Balaban J connectivity index is 4.17. The fraction of sp³-hybridized carbons (Fsp3) is 0.429. The van der Waals surface area contributed by atoms with Crippen molar-refractivity contribution < 1.29 is 19.1 Å². The summed E-state index contributed by atoms with van der Waals surface area (Å²) in [5.41, 5.74) is 4.91. The van der Waals surface area contributed by atoms with E-state index in [4.69, 9.17) is 5.73 Å². The number of hydrogen-bond acceptors (Lipinski definition) is 5. The fourth-order valence-electron chi connectivity index (χ4n) is 0.459. The molecule has 0 aliphatic heterocycles. The molecule has 0 atom stereocenters. The fourth-order valence-corrected chi connectivity index (χ4v) is 0.459. The van der Waals surface area contributed by atoms with Gasteiger partial charge < -0.3 is 15.2 Å². The Bertz CT molecular complexity index is 209. The molecule has 5 nitrogen and oxygen atoms in total. The molecule has 0 rings (SSSR count). The molecule has 68 valence electrons. The first-order chi connectivity index (χ1) is 5.61. The molecule has 0 saturated heterocycles. The maximum atomic E-state index is 10.8. The highest BCUT2D eigenvalue weighted by atomic mass is 16.5. The van der Waals surface area contributed by atoms with Crippen LogP contribution >= 0.6 is 0 Å². The largest absolute Gasteiger partial charge is 0.466 e. The molecule has 5 heteroatoms. The second-order valence-electron chi connectivity index (χ2n) is 1.84. The number of hydrogen-bond donors (Lipinski definition) is 1. The summed E-state index contributed by atoms with van der Waals surface area (Å²) in [4.78, 5) is 21.3. The Hall–Kier alpha value is -1.52. The van der Waals surface area contributed by atoms with Gasteiger partial charge in [-0.15, -0.1) is 0 Å². The molecule has 0 heterocycles. The van der Waals surface area contributed by atoms with Crippen LogP contribution in [0.5, 0.6) is 0 Å². The van der Waals surface area contributed by atoms with Crippen molar-refractivity contribution in [1.82, 2.24) is 0 Å². The smallest absolute Gasteiger partial charge is 0.354 e. The van der Waals surface area contributed by atoms with Crippen LogP contribution in [0, 0.1) is 0 Å². The van der Waals surface area contributed by atoms with E-state index in [0.717, 1.165) is 6.08 Å². The highest BCUT2D eigenvalue weighted by Gasteiger charge is 2.07. The van der Waals surface area contributed by atoms with Crippen molar-refractivity contribution in [3.8, 4) is 0 Å². The van der Waals surface area contributed by atoms with E-state index in [1.165, 1.54) is 7.11 Å². The van der Waals surface area contributed by atoms with E-state index in [0.29, 0.717) is 0 Å². The third-order valence-electron chi connectivity index (χ3n) is 0.986. The summed E-state index contributed by atoms with van der Waals surface area (Å²) in [6, 6.07) is 0. The van der Waals surface area contributed by atoms with Gasteiger partial charge in [-0.3, -0.25) is 0 Å². The molecule has 0 amide bonds. The van der Waals surface area contributed by atoms with Crippen molar-refractivity contribution in [3.63, 3.8) is 0 Å². The zero-order chi connectivity index (χ0) is 9.56. The Labute approximate surface area is 70.1 Å². The van der Waals surface area contributed by atoms with E-state index in [1.807, 2.05) is 0 Å². The van der Waals surface area contributed by atoms with E-state index in [-0.39, 0.29) is 12.3 Å². The minimum absolute atomic E-state index is 0.217. The summed E-state index contributed by atoms with van der Waals surface area (Å²) in [5, 5.41) is 0. The summed E-state index contributed by atoms with van der Waals surface area (Å²) in [5.74, 6) is -1.40. The average Bonchev–Trinajstić information content (AvgIpc) is 2.04. The van der Waals surface area contributed by atoms with Crippen molar-refractivity contribution in [2.75, 3.05) is 13.7 Å². The monoisotopic (exact) mass is 173 g/mol. The lowest BCUT2D eigenvalue weighted by Gasteiger charge is -1.99. The minimum atomic E-state index is -0.720. The predicted molar refractivity (Wildman–Crippen MR) is 40.9 cm³/mol. The number of ether oxygens (including phenoxy) is 2. The van der Waals surface area contributed by atoms with Crippen LogP contribution in [0.3, 0.4) is 0 Å². The molecule has 0 aliphatic rings. The number of carbonyl (C=O) groups excluding carboxylic acids is 2. The van der Waals surface area contributed by atoms with E-state index in [2.05, 4.69) is 9.47 Å². The van der Waals surface area contributed by atoms with Crippen LogP contribution in [-0.4, -0.2) is 25.7 Å². The van der Waals surface area contributed by atoms with Gasteiger partial charge in [0.25, 0.3) is 0 Å². The quantitative estimate of drug-likeness (QED) is 0.462. The average molecular weight is 173 g/mol. The van der Waals surface area contributed by atoms with Gasteiger partial charge >= 0.3 is 11.9 Å². The molecular formula is C7H11NO4. The van der Waals surface area contributed by atoms with Crippen LogP contribution in [0.2, 0.25) is 0 Å². The third kappa shape index (κ3) is 3.60. The molecule has 0 fully saturated rings. The molecule has 0 aliphatic carbocycles. The summed E-state index contributed by atoms with van der Waals surface area (Å²) in [6.45, 7) is 1.86. The molecule has 12 heavy (non-hydrogen) atoms. The number of methoxy groups -OCH3 is 1. The lowest BCUT2D eigenvalue weighted by Crippen LogP contribution is -2.16. The lowest BCUT2D eigenvalue weighted by molar-refractivity contribution is -0.140. The Morgan fingerprint density at radius 1 is 1.50 bits per heavy atom. The van der Waals surface area contributed by atoms with Gasteiger partial charge in [-0.1, -0.05) is 0 Å². The standard InChI is InChI=1S/C7H11NO4/c1-3-12-7(10)5(8)4-6(9)11-2/h4H,3,8H2,1-2H3. The summed E-state index contributed by atoms with van der Waals surface area (Å²) in [7, 11) is 1.19. The zero-order valence-electron chi connectivity index (χ0n) is 6.99. The maximum Gasteiger partial charge on any atom is 0.354 e. The Morgan fingerprint density at radius 3 is 2.50 bits per heavy atom. The van der Waals surface area contributed by atoms with Crippen LogP contribution in [0.4, 0.5) is 0 Å². The molecule has 0 aromatic rings. The highest BCUT2D eigenvalue weighted by Crippen LogP contribution is 1.90. The molecule has 0 aromatic carbocycles. The minimum Gasteiger partial charge on any atom is -0.466 e. The molecule has 0 bridgehead atoms. The maximum absolute atomic E-state index is 10.8. The van der Waals surface area contributed by atoms with Gasteiger partial charge in [-0.25, -0.2) is 9.59 Å². The third-order valence-corrected chi connectivity index (χ3v) is 0.986. The molecule has 0 spiro atoms. The molecule has 2 N–H and O–H groups in total. The van der Waals surface area contributed by atoms with Gasteiger partial charge in [-0.05, 0) is 6.92 Å². The summed E-state index contributed by atoms with van der Waals surface area (Å²) < 4.78 is 8.76. The molecular weight excluding hydrogens is 162 g/mol. The molecule has 0 unspecified atom stereocenters. The first-order valence-corrected chi connectivity index (χ1v) is 3.34. The van der Waals surface area contributed by atoms with Gasteiger partial charge in [0.2, 0.25) is 0 Å². The predicted octanol–water partition coefficient (Wildman–Crippen LogP) is -0.435. The number of carbonyl (C=O) groups is 2. The van der Waals surface area contributed by atoms with Crippen molar-refractivity contribution in [3.05, 3.63) is 11.8 Å². The van der Waals surface area contributed by atoms with E-state index >= 15 is 0 Å². The van der Waals surface area contributed by atoms with Crippen LogP contribution in [0.25, 0.3) is 0 Å². The van der Waals surface area contributed by atoms with Crippen molar-refractivity contribution in [2.45, 2.75) is 6.92 Å². The molecule has 0 saturated carbocycles. The van der Waals surface area contributed by atoms with Gasteiger partial charge in [-0.2, -0.15) is 0 Å². The Morgan fingerprint density at radius 2 is 2.08 bits per heavy atom. The highest BCUT2D eigenvalue weighted by molar-refractivity contribution is 5.95. The molecule has 0 radical (unpaired) electrons. The zero-order valence-corrected chi connectivity index (χ0v) is 6.99. The van der Waals surface area contributed by atoms with Gasteiger partial charge in [0, 0.05) is 0 Å². The van der Waals surface area contributed by atoms with Crippen LogP contribution in [0.1, 0.15) is 6.92 Å². The lowest BCUT2D eigenvalue weighted by atomic mass is 10.4. The second-order valence-corrected chi connectivity index (χ2v) is 1.84. The van der Waals surface area contributed by atoms with Crippen LogP contribution < -0.4 is 5.73 Å². The van der Waals surface area contributed by atoms with Gasteiger partial charge in [0.15, 0.2) is 0 Å². The molecule has 0 aromatic heterocycles. The van der Waals surface area contributed by atoms with E-state index in [9.17, 15) is 9.59 Å². The number of nitrogens with two attached hydrogens (primary N) is 1. The first kappa shape index (κ1) is 10.5. The number of rotatable bonds is 3. The topological polar surface area (TPSA) is 78.6 Å². The summed E-state index contributed by atoms with van der Waals surface area (Å²) in [6.07, 6.45) is 0.873. The van der Waals surface area contributed by atoms with Gasteiger partial charge in [0.1, 0.15) is 5.70 Å². The second kappa shape index (κ2) is 5.17. The van der Waals surface area contributed by atoms with Crippen molar-refractivity contribution >= 4 is 11.9 Å². The summed E-state index contributed by atoms with van der Waals surface area (Å²) >= 11 is 0. The van der Waals surface area contributed by atoms with Crippen molar-refractivity contribution in [1.29, 1.82) is 0 Å². The van der Waals surface area contributed by atoms with Gasteiger partial charge in [0.05, 0.1) is 19.8 Å². The number of esters is 2. The van der Waals surface area contributed by atoms with E-state index in [1.54, 1.807) is 6.92 Å².